The Hall–Kier alpha value is -2.49. The second-order valence-corrected chi connectivity index (χ2v) is 8.80. The molecular formula is C18H18N4O3S2. The maximum atomic E-state index is 12.5. The molecule has 1 aromatic heterocycles. The smallest absolute Gasteiger partial charge is 0.238 e. The molecule has 0 aliphatic rings. The molecule has 3 N–H and O–H groups in total. The predicted octanol–water partition coefficient (Wildman–Crippen LogP) is 2.70. The highest BCUT2D eigenvalue weighted by Crippen LogP contribution is 2.29. The molecule has 2 aromatic carbocycles. The molecule has 3 rings (SSSR count). The molecule has 1 atom stereocenters. The van der Waals surface area contributed by atoms with Crippen LogP contribution in [0.4, 0.5) is 5.69 Å². The van der Waals surface area contributed by atoms with Crippen LogP contribution in [0.3, 0.4) is 0 Å². The summed E-state index contributed by atoms with van der Waals surface area (Å²) in [5.41, 5.74) is 1.32. The van der Waals surface area contributed by atoms with Crippen LogP contribution in [-0.2, 0) is 14.8 Å². The molecule has 0 saturated carbocycles. The van der Waals surface area contributed by atoms with Gasteiger partial charge in [0.15, 0.2) is 0 Å². The number of primary sulfonamides is 1. The van der Waals surface area contributed by atoms with Crippen molar-refractivity contribution in [3.63, 3.8) is 0 Å². The van der Waals surface area contributed by atoms with Gasteiger partial charge in [-0.15, -0.1) is 0 Å². The molecule has 0 radical (unpaired) electrons. The number of nitrogens with one attached hydrogen (secondary N) is 1. The number of rotatable bonds is 5. The van der Waals surface area contributed by atoms with Gasteiger partial charge < -0.3 is 5.32 Å². The summed E-state index contributed by atoms with van der Waals surface area (Å²) in [4.78, 5) is 21.4. The summed E-state index contributed by atoms with van der Waals surface area (Å²) in [6.07, 6.45) is 0. The summed E-state index contributed by atoms with van der Waals surface area (Å²) in [7, 11) is -3.76. The van der Waals surface area contributed by atoms with E-state index in [0.29, 0.717) is 11.5 Å². The van der Waals surface area contributed by atoms with Gasteiger partial charge in [0.05, 0.1) is 15.7 Å². The number of aromatic nitrogens is 2. The minimum atomic E-state index is -3.76. The van der Waals surface area contributed by atoms with Crippen LogP contribution in [0.5, 0.6) is 0 Å². The third kappa shape index (κ3) is 4.62. The molecule has 7 nitrogen and oxygen atoms in total. The molecule has 27 heavy (non-hydrogen) atoms. The first-order valence-electron chi connectivity index (χ1n) is 8.08. The monoisotopic (exact) mass is 402 g/mol. The van der Waals surface area contributed by atoms with Crippen molar-refractivity contribution in [2.75, 3.05) is 5.32 Å². The molecule has 1 heterocycles. The number of amides is 1. The van der Waals surface area contributed by atoms with Crippen molar-refractivity contribution < 1.29 is 13.2 Å². The molecular weight excluding hydrogens is 384 g/mol. The third-order valence-electron chi connectivity index (χ3n) is 3.79. The highest BCUT2D eigenvalue weighted by Gasteiger charge is 2.18. The highest BCUT2D eigenvalue weighted by molar-refractivity contribution is 8.00. The number of fused-ring (bicyclic) bond motifs is 1. The van der Waals surface area contributed by atoms with Gasteiger partial charge in [-0.1, -0.05) is 30.0 Å². The van der Waals surface area contributed by atoms with E-state index in [0.717, 1.165) is 15.9 Å². The molecule has 0 fully saturated rings. The highest BCUT2D eigenvalue weighted by atomic mass is 32.2. The minimum absolute atomic E-state index is 0.00847. The number of nitrogens with two attached hydrogens (primary N) is 1. The lowest BCUT2D eigenvalue weighted by Gasteiger charge is -2.13. The molecule has 0 unspecified atom stereocenters. The van der Waals surface area contributed by atoms with E-state index in [1.165, 1.54) is 36.0 Å². The Bertz CT molecular complexity index is 1100. The quantitative estimate of drug-likeness (QED) is 0.501. The number of benzene rings is 2. The lowest BCUT2D eigenvalue weighted by Crippen LogP contribution is -2.22. The van der Waals surface area contributed by atoms with Crippen LogP contribution >= 0.6 is 11.8 Å². The number of carbonyl (C=O) groups is 1. The number of thioether (sulfide) groups is 1. The van der Waals surface area contributed by atoms with Gasteiger partial charge in [-0.25, -0.2) is 23.5 Å². The third-order valence-corrected chi connectivity index (χ3v) is 5.82. The Morgan fingerprint density at radius 1 is 1.11 bits per heavy atom. The van der Waals surface area contributed by atoms with E-state index in [1.807, 2.05) is 31.2 Å². The van der Waals surface area contributed by atoms with E-state index in [4.69, 9.17) is 5.14 Å². The Morgan fingerprint density at radius 3 is 2.44 bits per heavy atom. The van der Waals surface area contributed by atoms with Crippen LogP contribution < -0.4 is 10.5 Å². The van der Waals surface area contributed by atoms with Crippen LogP contribution in [0.2, 0.25) is 0 Å². The minimum Gasteiger partial charge on any atom is -0.325 e. The van der Waals surface area contributed by atoms with E-state index in [1.54, 1.807) is 6.92 Å². The Labute approximate surface area is 161 Å². The normalized spacial score (nSPS) is 12.7. The second kappa shape index (κ2) is 7.63. The SMILES string of the molecule is Cc1nc(S[C@H](C)C(=O)Nc2ccc(S(N)(=O)=O)cc2)c2ccccc2n1. The largest absolute Gasteiger partial charge is 0.325 e. The van der Waals surface area contributed by atoms with Crippen LogP contribution in [0, 0.1) is 6.92 Å². The van der Waals surface area contributed by atoms with Gasteiger partial charge >= 0.3 is 0 Å². The fraction of sp³-hybridized carbons (Fsp3) is 0.167. The Morgan fingerprint density at radius 2 is 1.78 bits per heavy atom. The first-order valence-corrected chi connectivity index (χ1v) is 10.5. The number of hydrogen-bond acceptors (Lipinski definition) is 6. The molecule has 3 aromatic rings. The summed E-state index contributed by atoms with van der Waals surface area (Å²) in [5.74, 6) is 0.422. The topological polar surface area (TPSA) is 115 Å². The van der Waals surface area contributed by atoms with Crippen LogP contribution in [0.1, 0.15) is 12.7 Å². The molecule has 1 amide bonds. The maximum absolute atomic E-state index is 12.5. The fourth-order valence-corrected chi connectivity index (χ4v) is 3.94. The molecule has 9 heteroatoms. The molecule has 0 aliphatic carbocycles. The summed E-state index contributed by atoms with van der Waals surface area (Å²) in [5, 5.41) is 9.05. The van der Waals surface area contributed by atoms with E-state index in [9.17, 15) is 13.2 Å². The predicted molar refractivity (Wildman–Crippen MR) is 106 cm³/mol. The van der Waals surface area contributed by atoms with E-state index in [-0.39, 0.29) is 10.8 Å². The summed E-state index contributed by atoms with van der Waals surface area (Å²) >= 11 is 1.34. The van der Waals surface area contributed by atoms with Crippen molar-refractivity contribution in [3.8, 4) is 0 Å². The molecule has 0 bridgehead atoms. The van der Waals surface area contributed by atoms with Crippen LogP contribution in [0.15, 0.2) is 58.5 Å². The second-order valence-electron chi connectivity index (χ2n) is 5.91. The van der Waals surface area contributed by atoms with Gasteiger partial charge in [0.2, 0.25) is 15.9 Å². The lowest BCUT2D eigenvalue weighted by molar-refractivity contribution is -0.115. The van der Waals surface area contributed by atoms with Gasteiger partial charge in [-0.3, -0.25) is 4.79 Å². The zero-order valence-corrected chi connectivity index (χ0v) is 16.3. The van der Waals surface area contributed by atoms with Crippen molar-refractivity contribution in [2.45, 2.75) is 29.0 Å². The first kappa shape index (κ1) is 19.3. The summed E-state index contributed by atoms with van der Waals surface area (Å²) in [6, 6.07) is 13.3. The maximum Gasteiger partial charge on any atom is 0.238 e. The standard InChI is InChI=1S/C18H18N4O3S2/c1-11(17(23)22-13-7-9-14(10-8-13)27(19,24)25)26-18-15-5-3-4-6-16(15)20-12(2)21-18/h3-11H,1-2H3,(H,22,23)(H2,19,24,25)/t11-/m1/s1. The molecule has 0 spiro atoms. The van der Waals surface area contributed by atoms with Crippen LogP contribution in [0.25, 0.3) is 10.9 Å². The van der Waals surface area contributed by atoms with Crippen LogP contribution in [-0.4, -0.2) is 29.5 Å². The van der Waals surface area contributed by atoms with Gasteiger partial charge in [0, 0.05) is 11.1 Å². The number of anilines is 1. The summed E-state index contributed by atoms with van der Waals surface area (Å²) < 4.78 is 22.6. The Kier molecular flexibility index (Phi) is 5.45. The first-order chi connectivity index (χ1) is 12.7. The number of aryl methyl sites for hydroxylation is 1. The summed E-state index contributed by atoms with van der Waals surface area (Å²) in [6.45, 7) is 3.60. The number of para-hydroxylation sites is 1. The van der Waals surface area contributed by atoms with Gasteiger partial charge in [-0.2, -0.15) is 0 Å². The van der Waals surface area contributed by atoms with Crippen molar-refractivity contribution in [2.24, 2.45) is 5.14 Å². The van der Waals surface area contributed by atoms with Gasteiger partial charge in [-0.05, 0) is 44.2 Å². The number of nitrogens with zero attached hydrogens (tertiary/aromatic N) is 2. The van der Waals surface area contributed by atoms with Crippen molar-refractivity contribution in [1.29, 1.82) is 0 Å². The van der Waals surface area contributed by atoms with E-state index >= 15 is 0 Å². The van der Waals surface area contributed by atoms with Crippen molar-refractivity contribution >= 4 is 44.3 Å². The van der Waals surface area contributed by atoms with Crippen molar-refractivity contribution in [3.05, 3.63) is 54.4 Å². The average molecular weight is 403 g/mol. The number of hydrogen-bond donors (Lipinski definition) is 2. The van der Waals surface area contributed by atoms with E-state index in [2.05, 4.69) is 15.3 Å². The zero-order chi connectivity index (χ0) is 19.6. The molecule has 140 valence electrons. The zero-order valence-electron chi connectivity index (χ0n) is 14.7. The van der Waals surface area contributed by atoms with Gasteiger partial charge in [0.25, 0.3) is 0 Å². The van der Waals surface area contributed by atoms with E-state index < -0.39 is 15.3 Å². The van der Waals surface area contributed by atoms with Crippen molar-refractivity contribution in [1.82, 2.24) is 9.97 Å². The lowest BCUT2D eigenvalue weighted by atomic mass is 10.2. The number of carbonyl (C=O) groups excluding carboxylic acids is 1. The number of sulfonamides is 1. The molecule has 0 saturated heterocycles. The molecule has 0 aliphatic heterocycles. The Balaban J connectivity index is 1.75. The average Bonchev–Trinajstić information content (AvgIpc) is 2.61. The fourth-order valence-electron chi connectivity index (χ4n) is 2.44. The van der Waals surface area contributed by atoms with Gasteiger partial charge in [0.1, 0.15) is 10.9 Å².